The third-order valence-electron chi connectivity index (χ3n) is 5.17. The number of hydrogen-bond donors (Lipinski definition) is 1. The van der Waals surface area contributed by atoms with Crippen LogP contribution in [-0.2, 0) is 0 Å². The molecule has 0 saturated carbocycles. The summed E-state index contributed by atoms with van der Waals surface area (Å²) in [5, 5.41) is 3.29. The zero-order chi connectivity index (χ0) is 20.8. The molecule has 0 radical (unpaired) electrons. The fourth-order valence-electron chi connectivity index (χ4n) is 3.58. The van der Waals surface area contributed by atoms with Crippen molar-refractivity contribution in [3.8, 4) is 0 Å². The van der Waals surface area contributed by atoms with Crippen molar-refractivity contribution in [1.82, 2.24) is 20.1 Å². The van der Waals surface area contributed by atoms with E-state index in [9.17, 15) is 8.78 Å². The Morgan fingerprint density at radius 2 is 1.79 bits per heavy atom. The lowest BCUT2D eigenvalue weighted by Crippen LogP contribution is -2.53. The Morgan fingerprint density at radius 1 is 1.10 bits per heavy atom. The average Bonchev–Trinajstić information content (AvgIpc) is 2.73. The van der Waals surface area contributed by atoms with Crippen molar-refractivity contribution in [2.45, 2.75) is 6.04 Å². The molecule has 8 heteroatoms. The largest absolute Gasteiger partial charge is 0.354 e. The van der Waals surface area contributed by atoms with Crippen molar-refractivity contribution in [2.24, 2.45) is 4.99 Å². The van der Waals surface area contributed by atoms with E-state index in [0.717, 1.165) is 38.0 Å². The highest BCUT2D eigenvalue weighted by Crippen LogP contribution is 2.24. The lowest BCUT2D eigenvalue weighted by Gasteiger charge is -2.37. The number of likely N-dealkylation sites (N-methyl/N-ethyl adjacent to an activating group) is 1. The van der Waals surface area contributed by atoms with Crippen LogP contribution in [0, 0.1) is 11.6 Å². The standard InChI is InChI=1S/C21H28F2N6/c1-24-21(29-13-11-28(12-14-29)19-9-4-5-10-25-19)26-15-18(27(2)3)20-16(22)7-6-8-17(20)23/h4-10,18H,11-15H2,1-3H3,(H,24,26). The number of halogens is 2. The monoisotopic (exact) mass is 402 g/mol. The fraction of sp³-hybridized carbons (Fsp3) is 0.429. The van der Waals surface area contributed by atoms with Crippen molar-refractivity contribution in [3.63, 3.8) is 0 Å². The van der Waals surface area contributed by atoms with Gasteiger partial charge in [-0.1, -0.05) is 12.1 Å². The Labute approximate surface area is 170 Å². The molecule has 1 atom stereocenters. The molecule has 3 rings (SSSR count). The number of nitrogens with one attached hydrogen (secondary N) is 1. The van der Waals surface area contributed by atoms with E-state index < -0.39 is 17.7 Å². The van der Waals surface area contributed by atoms with Gasteiger partial charge < -0.3 is 20.0 Å². The van der Waals surface area contributed by atoms with Crippen LogP contribution in [0.1, 0.15) is 11.6 Å². The van der Waals surface area contributed by atoms with Crippen molar-refractivity contribution in [3.05, 3.63) is 59.8 Å². The van der Waals surface area contributed by atoms with E-state index in [1.165, 1.54) is 18.2 Å². The van der Waals surface area contributed by atoms with Gasteiger partial charge >= 0.3 is 0 Å². The van der Waals surface area contributed by atoms with Crippen molar-refractivity contribution in [2.75, 3.05) is 58.8 Å². The molecule has 1 N–H and O–H groups in total. The van der Waals surface area contributed by atoms with Crippen LogP contribution in [0.2, 0.25) is 0 Å². The third-order valence-corrected chi connectivity index (χ3v) is 5.17. The maximum Gasteiger partial charge on any atom is 0.193 e. The molecular formula is C21H28F2N6. The lowest BCUT2D eigenvalue weighted by molar-refractivity contribution is 0.278. The van der Waals surface area contributed by atoms with Gasteiger partial charge in [0.25, 0.3) is 0 Å². The molecule has 0 spiro atoms. The number of piperazine rings is 1. The molecule has 1 aromatic heterocycles. The zero-order valence-electron chi connectivity index (χ0n) is 17.1. The number of hydrogen-bond acceptors (Lipinski definition) is 4. The van der Waals surface area contributed by atoms with E-state index in [1.807, 2.05) is 32.3 Å². The van der Waals surface area contributed by atoms with Gasteiger partial charge in [-0.2, -0.15) is 0 Å². The summed E-state index contributed by atoms with van der Waals surface area (Å²) in [6, 6.07) is 9.41. The number of aromatic nitrogens is 1. The number of rotatable bonds is 5. The maximum atomic E-state index is 14.3. The van der Waals surface area contributed by atoms with Crippen LogP contribution in [0.5, 0.6) is 0 Å². The molecule has 1 unspecified atom stereocenters. The summed E-state index contributed by atoms with van der Waals surface area (Å²) in [5.41, 5.74) is 0.0698. The molecule has 0 amide bonds. The smallest absolute Gasteiger partial charge is 0.193 e. The van der Waals surface area contributed by atoms with Gasteiger partial charge in [-0.15, -0.1) is 0 Å². The Hall–Kier alpha value is -2.74. The highest BCUT2D eigenvalue weighted by molar-refractivity contribution is 5.80. The molecule has 1 aliphatic rings. The minimum atomic E-state index is -0.538. The Bertz CT molecular complexity index is 799. The number of benzene rings is 1. The molecule has 1 fully saturated rings. The highest BCUT2D eigenvalue weighted by Gasteiger charge is 2.25. The Balaban J connectivity index is 1.63. The summed E-state index contributed by atoms with van der Waals surface area (Å²) in [7, 11) is 5.35. The number of nitrogens with zero attached hydrogens (tertiary/aromatic N) is 5. The lowest BCUT2D eigenvalue weighted by atomic mass is 10.0. The first-order valence-corrected chi connectivity index (χ1v) is 9.73. The number of guanidine groups is 1. The van der Waals surface area contributed by atoms with Crippen LogP contribution >= 0.6 is 0 Å². The number of anilines is 1. The molecule has 1 aliphatic heterocycles. The summed E-state index contributed by atoms with van der Waals surface area (Å²) >= 11 is 0. The van der Waals surface area contributed by atoms with Crippen LogP contribution in [0.4, 0.5) is 14.6 Å². The molecular weight excluding hydrogens is 374 g/mol. The van der Waals surface area contributed by atoms with Gasteiger partial charge in [0, 0.05) is 51.5 Å². The van der Waals surface area contributed by atoms with E-state index in [4.69, 9.17) is 0 Å². The van der Waals surface area contributed by atoms with E-state index in [1.54, 1.807) is 18.1 Å². The molecule has 6 nitrogen and oxygen atoms in total. The SMILES string of the molecule is CN=C(NCC(c1c(F)cccc1F)N(C)C)N1CCN(c2ccccn2)CC1. The summed E-state index contributed by atoms with van der Waals surface area (Å²) in [5.74, 6) is 0.626. The van der Waals surface area contributed by atoms with Gasteiger partial charge in [-0.05, 0) is 38.4 Å². The van der Waals surface area contributed by atoms with Crippen LogP contribution in [0.25, 0.3) is 0 Å². The first kappa shape index (κ1) is 21.0. The average molecular weight is 402 g/mol. The van der Waals surface area contributed by atoms with Gasteiger partial charge in [0.05, 0.1) is 6.04 Å². The maximum absolute atomic E-state index is 14.3. The van der Waals surface area contributed by atoms with Crippen LogP contribution in [0.15, 0.2) is 47.6 Å². The molecule has 1 saturated heterocycles. The molecule has 0 bridgehead atoms. The van der Waals surface area contributed by atoms with Crippen molar-refractivity contribution < 1.29 is 8.78 Å². The molecule has 2 aromatic rings. The molecule has 156 valence electrons. The van der Waals surface area contributed by atoms with Gasteiger partial charge in [-0.3, -0.25) is 4.99 Å². The summed E-state index contributed by atoms with van der Waals surface area (Å²) in [6.07, 6.45) is 1.80. The van der Waals surface area contributed by atoms with Crippen LogP contribution in [0.3, 0.4) is 0 Å². The van der Waals surface area contributed by atoms with Crippen LogP contribution < -0.4 is 10.2 Å². The quantitative estimate of drug-likeness (QED) is 0.615. The fourth-order valence-corrected chi connectivity index (χ4v) is 3.58. The predicted molar refractivity (Wildman–Crippen MR) is 112 cm³/mol. The van der Waals surface area contributed by atoms with Crippen LogP contribution in [-0.4, -0.2) is 74.6 Å². The van der Waals surface area contributed by atoms with Crippen molar-refractivity contribution in [1.29, 1.82) is 0 Å². The first-order chi connectivity index (χ1) is 14.0. The number of pyridine rings is 1. The summed E-state index contributed by atoms with van der Waals surface area (Å²) in [6.45, 7) is 3.58. The zero-order valence-corrected chi connectivity index (χ0v) is 17.1. The minimum absolute atomic E-state index is 0.0698. The predicted octanol–water partition coefficient (Wildman–Crippen LogP) is 2.36. The number of aliphatic imine (C=N–C) groups is 1. The third kappa shape index (κ3) is 5.00. The molecule has 1 aromatic carbocycles. The second kappa shape index (κ2) is 9.65. The van der Waals surface area contributed by atoms with E-state index >= 15 is 0 Å². The van der Waals surface area contributed by atoms with Gasteiger partial charge in [0.15, 0.2) is 5.96 Å². The summed E-state index contributed by atoms with van der Waals surface area (Å²) < 4.78 is 28.6. The highest BCUT2D eigenvalue weighted by atomic mass is 19.1. The second-order valence-electron chi connectivity index (χ2n) is 7.20. The molecule has 29 heavy (non-hydrogen) atoms. The molecule has 2 heterocycles. The van der Waals surface area contributed by atoms with E-state index in [2.05, 4.69) is 25.1 Å². The normalized spacial score (nSPS) is 16.3. The minimum Gasteiger partial charge on any atom is -0.354 e. The molecule has 0 aliphatic carbocycles. The topological polar surface area (TPSA) is 47.0 Å². The Kier molecular flexibility index (Phi) is 6.98. The van der Waals surface area contributed by atoms with E-state index in [-0.39, 0.29) is 5.56 Å². The summed E-state index contributed by atoms with van der Waals surface area (Å²) in [4.78, 5) is 15.0. The Morgan fingerprint density at radius 3 is 2.34 bits per heavy atom. The van der Waals surface area contributed by atoms with E-state index in [0.29, 0.717) is 6.54 Å². The van der Waals surface area contributed by atoms with Gasteiger partial charge in [0.2, 0.25) is 0 Å². The van der Waals surface area contributed by atoms with Gasteiger partial charge in [-0.25, -0.2) is 13.8 Å². The van der Waals surface area contributed by atoms with Gasteiger partial charge in [0.1, 0.15) is 17.5 Å². The second-order valence-corrected chi connectivity index (χ2v) is 7.20. The first-order valence-electron chi connectivity index (χ1n) is 9.73. The van der Waals surface area contributed by atoms with Crippen molar-refractivity contribution >= 4 is 11.8 Å².